The number of hydrogen-bond acceptors (Lipinski definition) is 4. The molecule has 0 aliphatic carbocycles. The summed E-state index contributed by atoms with van der Waals surface area (Å²) in [7, 11) is 0. The molecule has 0 saturated heterocycles. The molecule has 3 rings (SSSR count). The second kappa shape index (κ2) is 10.6. The second-order valence-electron chi connectivity index (χ2n) is 7.67. The minimum Gasteiger partial charge on any atom is -0.437 e. The first-order valence-electron chi connectivity index (χ1n) is 10.9. The number of hydrogen-bond donors (Lipinski definition) is 1. The number of benzene rings is 3. The van der Waals surface area contributed by atoms with Crippen LogP contribution in [0.3, 0.4) is 0 Å². The third kappa shape index (κ3) is 4.97. The van der Waals surface area contributed by atoms with Crippen molar-refractivity contribution in [1.82, 2.24) is 0 Å². The van der Waals surface area contributed by atoms with Gasteiger partial charge in [0.25, 0.3) is 5.69 Å². The van der Waals surface area contributed by atoms with Crippen LogP contribution in [-0.2, 0) is 10.3 Å². The molecular formula is C26H28N2O4. The van der Waals surface area contributed by atoms with E-state index in [1.807, 2.05) is 60.7 Å². The molecule has 1 N–H and O–H groups in total. The minimum absolute atomic E-state index is 0.0949. The van der Waals surface area contributed by atoms with Crippen LogP contribution in [0.25, 0.3) is 0 Å². The molecule has 166 valence electrons. The lowest BCUT2D eigenvalue weighted by Gasteiger charge is -2.40. The van der Waals surface area contributed by atoms with E-state index >= 15 is 0 Å². The molecule has 0 radical (unpaired) electrons. The number of ether oxygens (including phenoxy) is 1. The van der Waals surface area contributed by atoms with Gasteiger partial charge in [-0.05, 0) is 30.0 Å². The number of nitro groups is 1. The fourth-order valence-electron chi connectivity index (χ4n) is 4.35. The smallest absolute Gasteiger partial charge is 0.412 e. The first-order chi connectivity index (χ1) is 15.5. The standard InChI is InChI=1S/C26H28N2O4/c1-3-19-26(21-15-9-6-10-16-21,22(4-2)20-13-7-5-8-14-20)32-25(29)27-23-17-11-12-18-24(23)28(30)31/h5-18,22H,3-4,19H2,1-2H3,(H,27,29)/t22-,26+/m1/s1. The SMILES string of the molecule is CCC[C@](OC(=O)Nc1ccccc1[N+](=O)[O-])(c1ccccc1)[C@H](CC)c1ccccc1. The van der Waals surface area contributed by atoms with Crippen LogP contribution in [0.5, 0.6) is 0 Å². The summed E-state index contributed by atoms with van der Waals surface area (Å²) in [6.45, 7) is 4.13. The molecule has 0 spiro atoms. The van der Waals surface area contributed by atoms with Gasteiger partial charge in [-0.1, -0.05) is 93.1 Å². The molecule has 2 atom stereocenters. The van der Waals surface area contributed by atoms with Crippen molar-refractivity contribution < 1.29 is 14.5 Å². The van der Waals surface area contributed by atoms with Crippen molar-refractivity contribution in [3.05, 3.63) is 106 Å². The van der Waals surface area contributed by atoms with Gasteiger partial charge in [-0.2, -0.15) is 0 Å². The summed E-state index contributed by atoms with van der Waals surface area (Å²) in [5.41, 5.74) is 0.967. The maximum Gasteiger partial charge on any atom is 0.412 e. The Morgan fingerprint density at radius 1 is 0.969 bits per heavy atom. The number of nitro benzene ring substituents is 1. The van der Waals surface area contributed by atoms with E-state index in [0.717, 1.165) is 24.0 Å². The van der Waals surface area contributed by atoms with Gasteiger partial charge in [0.15, 0.2) is 0 Å². The van der Waals surface area contributed by atoms with E-state index in [4.69, 9.17) is 4.74 Å². The maximum absolute atomic E-state index is 13.1. The largest absolute Gasteiger partial charge is 0.437 e. The van der Waals surface area contributed by atoms with Crippen molar-refractivity contribution in [2.45, 2.75) is 44.6 Å². The van der Waals surface area contributed by atoms with Crippen molar-refractivity contribution in [3.8, 4) is 0 Å². The summed E-state index contributed by atoms with van der Waals surface area (Å²) in [6, 6.07) is 25.8. The molecule has 3 aromatic carbocycles. The van der Waals surface area contributed by atoms with E-state index in [1.165, 1.54) is 12.1 Å². The van der Waals surface area contributed by atoms with E-state index in [-0.39, 0.29) is 17.3 Å². The Morgan fingerprint density at radius 3 is 2.16 bits per heavy atom. The second-order valence-corrected chi connectivity index (χ2v) is 7.67. The first-order valence-corrected chi connectivity index (χ1v) is 10.9. The highest BCUT2D eigenvalue weighted by atomic mass is 16.6. The number of para-hydroxylation sites is 2. The summed E-state index contributed by atoms with van der Waals surface area (Å²) >= 11 is 0. The average molecular weight is 433 g/mol. The Hall–Kier alpha value is -3.67. The Bertz CT molecular complexity index is 1040. The molecule has 6 heteroatoms. The first kappa shape index (κ1) is 23.0. The summed E-state index contributed by atoms with van der Waals surface area (Å²) in [5.74, 6) is -0.0949. The molecular weight excluding hydrogens is 404 g/mol. The highest BCUT2D eigenvalue weighted by Gasteiger charge is 2.43. The van der Waals surface area contributed by atoms with Crippen LogP contribution < -0.4 is 5.32 Å². The highest BCUT2D eigenvalue weighted by molar-refractivity contribution is 5.88. The van der Waals surface area contributed by atoms with Crippen LogP contribution in [0, 0.1) is 10.1 Å². The molecule has 0 aliphatic rings. The van der Waals surface area contributed by atoms with Crippen LogP contribution in [0.2, 0.25) is 0 Å². The number of nitrogens with zero attached hydrogens (tertiary/aromatic N) is 1. The van der Waals surface area contributed by atoms with E-state index in [0.29, 0.717) is 6.42 Å². The Morgan fingerprint density at radius 2 is 1.56 bits per heavy atom. The molecule has 0 saturated carbocycles. The van der Waals surface area contributed by atoms with Crippen molar-refractivity contribution in [2.75, 3.05) is 5.32 Å². The molecule has 1 amide bonds. The summed E-state index contributed by atoms with van der Waals surface area (Å²) in [4.78, 5) is 24.0. The average Bonchev–Trinajstić information content (AvgIpc) is 2.81. The van der Waals surface area contributed by atoms with Gasteiger partial charge in [0, 0.05) is 12.0 Å². The molecule has 0 unspecified atom stereocenters. The lowest BCUT2D eigenvalue weighted by Crippen LogP contribution is -2.40. The highest BCUT2D eigenvalue weighted by Crippen LogP contribution is 2.46. The molecule has 0 aromatic heterocycles. The van der Waals surface area contributed by atoms with Crippen LogP contribution in [0.1, 0.15) is 50.2 Å². The topological polar surface area (TPSA) is 81.5 Å². The van der Waals surface area contributed by atoms with Crippen LogP contribution in [-0.4, -0.2) is 11.0 Å². The predicted octanol–water partition coefficient (Wildman–Crippen LogP) is 7.03. The van der Waals surface area contributed by atoms with Crippen LogP contribution in [0.15, 0.2) is 84.9 Å². The van der Waals surface area contributed by atoms with Crippen molar-refractivity contribution in [2.24, 2.45) is 0 Å². The molecule has 0 aliphatic heterocycles. The normalized spacial score (nSPS) is 13.6. The number of carbonyl (C=O) groups is 1. The van der Waals surface area contributed by atoms with Gasteiger partial charge < -0.3 is 4.74 Å². The monoisotopic (exact) mass is 432 g/mol. The fraction of sp³-hybridized carbons (Fsp3) is 0.269. The molecule has 3 aromatic rings. The molecule has 0 bridgehead atoms. The summed E-state index contributed by atoms with van der Waals surface area (Å²) in [6.07, 6.45) is 1.43. The van der Waals surface area contributed by atoms with Gasteiger partial charge in [-0.3, -0.25) is 15.4 Å². The number of carbonyl (C=O) groups excluding carboxylic acids is 1. The third-order valence-corrected chi connectivity index (χ3v) is 5.67. The van der Waals surface area contributed by atoms with Gasteiger partial charge in [0.05, 0.1) is 4.92 Å². The van der Waals surface area contributed by atoms with Crippen molar-refractivity contribution in [3.63, 3.8) is 0 Å². The van der Waals surface area contributed by atoms with Crippen molar-refractivity contribution in [1.29, 1.82) is 0 Å². The molecule has 32 heavy (non-hydrogen) atoms. The maximum atomic E-state index is 13.1. The van der Waals surface area contributed by atoms with Gasteiger partial charge >= 0.3 is 6.09 Å². The zero-order valence-electron chi connectivity index (χ0n) is 18.4. The Balaban J connectivity index is 2.04. The molecule has 6 nitrogen and oxygen atoms in total. The van der Waals surface area contributed by atoms with E-state index < -0.39 is 16.6 Å². The van der Waals surface area contributed by atoms with E-state index in [2.05, 4.69) is 19.2 Å². The number of nitrogens with one attached hydrogen (secondary N) is 1. The van der Waals surface area contributed by atoms with E-state index in [1.54, 1.807) is 12.1 Å². The van der Waals surface area contributed by atoms with Gasteiger partial charge in [-0.25, -0.2) is 4.79 Å². The Labute approximate surface area is 188 Å². The predicted molar refractivity (Wildman–Crippen MR) is 126 cm³/mol. The Kier molecular flexibility index (Phi) is 7.60. The molecule has 0 heterocycles. The van der Waals surface area contributed by atoms with E-state index in [9.17, 15) is 14.9 Å². The lowest BCUT2D eigenvalue weighted by molar-refractivity contribution is -0.383. The minimum atomic E-state index is -0.931. The summed E-state index contributed by atoms with van der Waals surface area (Å²) in [5, 5.41) is 14.0. The van der Waals surface area contributed by atoms with Gasteiger partial charge in [0.2, 0.25) is 0 Å². The van der Waals surface area contributed by atoms with Crippen molar-refractivity contribution >= 4 is 17.5 Å². The van der Waals surface area contributed by atoms with Gasteiger partial charge in [0.1, 0.15) is 11.3 Å². The quantitative estimate of drug-likeness (QED) is 0.291. The summed E-state index contributed by atoms with van der Waals surface area (Å²) < 4.78 is 6.24. The zero-order valence-corrected chi connectivity index (χ0v) is 18.4. The number of rotatable bonds is 9. The fourth-order valence-corrected chi connectivity index (χ4v) is 4.35. The number of amides is 1. The third-order valence-electron chi connectivity index (χ3n) is 5.67. The number of anilines is 1. The zero-order chi connectivity index (χ0) is 23.0. The van der Waals surface area contributed by atoms with Gasteiger partial charge in [-0.15, -0.1) is 0 Å². The lowest BCUT2D eigenvalue weighted by atomic mass is 9.73. The van der Waals surface area contributed by atoms with Crippen LogP contribution in [0.4, 0.5) is 16.2 Å². The van der Waals surface area contributed by atoms with Crippen LogP contribution >= 0.6 is 0 Å². The molecule has 0 fully saturated rings.